The standard InChI is InChI=1S/C17H32N4O2/c1-7-9-10-14(8-2)18-11-13-12-19-21(6)15(13)20-16(22)23-17(3,4)5/h12,14,18H,7-11H2,1-6H3,(H,20,22). The van der Waals surface area contributed by atoms with Crippen molar-refractivity contribution >= 4 is 11.9 Å². The molecule has 6 nitrogen and oxygen atoms in total. The molecule has 6 heteroatoms. The lowest BCUT2D eigenvalue weighted by atomic mass is 10.1. The summed E-state index contributed by atoms with van der Waals surface area (Å²) in [6.45, 7) is 10.6. The fourth-order valence-electron chi connectivity index (χ4n) is 2.33. The normalized spacial score (nSPS) is 13.0. The number of hydrogen-bond donors (Lipinski definition) is 2. The molecule has 2 N–H and O–H groups in total. The predicted molar refractivity (Wildman–Crippen MR) is 93.5 cm³/mol. The summed E-state index contributed by atoms with van der Waals surface area (Å²) in [5.41, 5.74) is 0.447. The Kier molecular flexibility index (Phi) is 7.55. The number of anilines is 1. The van der Waals surface area contributed by atoms with E-state index in [2.05, 4.69) is 29.6 Å². The lowest BCUT2D eigenvalue weighted by Gasteiger charge is -2.20. The third-order valence-electron chi connectivity index (χ3n) is 3.61. The molecule has 1 rings (SSSR count). The van der Waals surface area contributed by atoms with Crippen molar-refractivity contribution in [3.05, 3.63) is 11.8 Å². The van der Waals surface area contributed by atoms with Crippen molar-refractivity contribution in [1.29, 1.82) is 0 Å². The first-order chi connectivity index (χ1) is 10.8. The van der Waals surface area contributed by atoms with Crippen LogP contribution < -0.4 is 10.6 Å². The maximum atomic E-state index is 12.0. The summed E-state index contributed by atoms with van der Waals surface area (Å²) in [5, 5.41) is 10.6. The monoisotopic (exact) mass is 324 g/mol. The van der Waals surface area contributed by atoms with Gasteiger partial charge in [0, 0.05) is 25.2 Å². The van der Waals surface area contributed by atoms with Gasteiger partial charge in [0.2, 0.25) is 0 Å². The first-order valence-corrected chi connectivity index (χ1v) is 8.51. The zero-order valence-electron chi connectivity index (χ0n) is 15.4. The van der Waals surface area contributed by atoms with Crippen LogP contribution in [0.15, 0.2) is 6.20 Å². The van der Waals surface area contributed by atoms with Crippen LogP contribution in [0.3, 0.4) is 0 Å². The second-order valence-corrected chi connectivity index (χ2v) is 6.90. The molecular formula is C17H32N4O2. The number of carbonyl (C=O) groups excluding carboxylic acids is 1. The van der Waals surface area contributed by atoms with Crippen molar-refractivity contribution in [3.63, 3.8) is 0 Å². The van der Waals surface area contributed by atoms with Gasteiger partial charge in [-0.15, -0.1) is 0 Å². The molecule has 1 atom stereocenters. The minimum Gasteiger partial charge on any atom is -0.444 e. The number of nitrogens with one attached hydrogen (secondary N) is 2. The van der Waals surface area contributed by atoms with Gasteiger partial charge in [0.25, 0.3) is 0 Å². The molecule has 23 heavy (non-hydrogen) atoms. The Morgan fingerprint density at radius 1 is 1.39 bits per heavy atom. The summed E-state index contributed by atoms with van der Waals surface area (Å²) in [4.78, 5) is 12.0. The molecule has 0 bridgehead atoms. The van der Waals surface area contributed by atoms with Crippen molar-refractivity contribution < 1.29 is 9.53 Å². The highest BCUT2D eigenvalue weighted by Crippen LogP contribution is 2.17. The van der Waals surface area contributed by atoms with Crippen molar-refractivity contribution in [1.82, 2.24) is 15.1 Å². The third-order valence-corrected chi connectivity index (χ3v) is 3.61. The highest BCUT2D eigenvalue weighted by molar-refractivity contribution is 5.84. The Hall–Kier alpha value is -1.56. The molecule has 0 saturated carbocycles. The van der Waals surface area contributed by atoms with Gasteiger partial charge in [0.1, 0.15) is 11.4 Å². The molecule has 1 amide bonds. The summed E-state index contributed by atoms with van der Waals surface area (Å²) in [6.07, 6.45) is 6.02. The Morgan fingerprint density at radius 3 is 2.65 bits per heavy atom. The summed E-state index contributed by atoms with van der Waals surface area (Å²) < 4.78 is 6.97. The zero-order chi connectivity index (χ0) is 17.5. The number of nitrogens with zero attached hydrogens (tertiary/aromatic N) is 2. The van der Waals surface area contributed by atoms with Crippen LogP contribution in [0, 0.1) is 0 Å². The van der Waals surface area contributed by atoms with Crippen LogP contribution in [0.2, 0.25) is 0 Å². The van der Waals surface area contributed by atoms with Crippen molar-refractivity contribution in [2.45, 2.75) is 78.5 Å². The van der Waals surface area contributed by atoms with E-state index >= 15 is 0 Å². The third kappa shape index (κ3) is 7.03. The van der Waals surface area contributed by atoms with Crippen LogP contribution in [0.1, 0.15) is 65.9 Å². The number of rotatable bonds is 8. The average molecular weight is 324 g/mol. The fraction of sp³-hybridized carbons (Fsp3) is 0.765. The molecule has 1 aromatic heterocycles. The minimum absolute atomic E-state index is 0.458. The average Bonchev–Trinajstić information content (AvgIpc) is 2.78. The molecule has 1 unspecified atom stereocenters. The largest absolute Gasteiger partial charge is 0.444 e. The van der Waals surface area contributed by atoms with Gasteiger partial charge < -0.3 is 10.1 Å². The summed E-state index contributed by atoms with van der Waals surface area (Å²) in [5.74, 6) is 0.678. The maximum absolute atomic E-state index is 12.0. The van der Waals surface area contributed by atoms with E-state index in [0.29, 0.717) is 18.4 Å². The van der Waals surface area contributed by atoms with E-state index in [1.165, 1.54) is 19.3 Å². The highest BCUT2D eigenvalue weighted by atomic mass is 16.6. The SMILES string of the molecule is CCCCC(CC)NCc1cnn(C)c1NC(=O)OC(C)(C)C. The number of aryl methyl sites for hydroxylation is 1. The first kappa shape index (κ1) is 19.5. The minimum atomic E-state index is -0.519. The highest BCUT2D eigenvalue weighted by Gasteiger charge is 2.19. The molecule has 0 fully saturated rings. The number of hydrogen-bond acceptors (Lipinski definition) is 4. The molecule has 0 saturated heterocycles. The van der Waals surface area contributed by atoms with Gasteiger partial charge in [-0.2, -0.15) is 5.10 Å². The van der Waals surface area contributed by atoms with E-state index in [-0.39, 0.29) is 0 Å². The molecule has 0 aromatic carbocycles. The number of amides is 1. The molecule has 0 aliphatic rings. The molecule has 1 aromatic rings. The van der Waals surface area contributed by atoms with E-state index in [0.717, 1.165) is 12.0 Å². The van der Waals surface area contributed by atoms with Gasteiger partial charge in [-0.05, 0) is 33.6 Å². The van der Waals surface area contributed by atoms with E-state index < -0.39 is 11.7 Å². The van der Waals surface area contributed by atoms with Gasteiger partial charge in [-0.25, -0.2) is 4.79 Å². The van der Waals surface area contributed by atoms with Gasteiger partial charge in [-0.3, -0.25) is 10.00 Å². The molecule has 0 spiro atoms. The van der Waals surface area contributed by atoms with E-state index in [1.54, 1.807) is 10.9 Å². The topological polar surface area (TPSA) is 68.2 Å². The Bertz CT molecular complexity index is 491. The molecule has 0 aliphatic carbocycles. The van der Waals surface area contributed by atoms with Crippen molar-refractivity contribution in [2.24, 2.45) is 7.05 Å². The van der Waals surface area contributed by atoms with Crippen LogP contribution >= 0.6 is 0 Å². The smallest absolute Gasteiger partial charge is 0.413 e. The Balaban J connectivity index is 2.65. The summed E-state index contributed by atoms with van der Waals surface area (Å²) in [7, 11) is 1.81. The number of aromatic nitrogens is 2. The van der Waals surface area contributed by atoms with E-state index in [1.807, 2.05) is 27.8 Å². The molecule has 132 valence electrons. The Morgan fingerprint density at radius 2 is 2.09 bits per heavy atom. The molecular weight excluding hydrogens is 292 g/mol. The quantitative estimate of drug-likeness (QED) is 0.762. The van der Waals surface area contributed by atoms with Crippen molar-refractivity contribution in [2.75, 3.05) is 5.32 Å². The lowest BCUT2D eigenvalue weighted by molar-refractivity contribution is 0.0634. The fourth-order valence-corrected chi connectivity index (χ4v) is 2.33. The van der Waals surface area contributed by atoms with Gasteiger partial charge in [0.15, 0.2) is 0 Å². The maximum Gasteiger partial charge on any atom is 0.413 e. The van der Waals surface area contributed by atoms with Gasteiger partial charge >= 0.3 is 6.09 Å². The predicted octanol–water partition coefficient (Wildman–Crippen LogP) is 3.83. The zero-order valence-corrected chi connectivity index (χ0v) is 15.4. The Labute approximate surface area is 140 Å². The summed E-state index contributed by atoms with van der Waals surface area (Å²) in [6, 6.07) is 0.490. The number of ether oxygens (including phenoxy) is 1. The number of carbonyl (C=O) groups is 1. The lowest BCUT2D eigenvalue weighted by Crippen LogP contribution is -2.30. The molecule has 0 radical (unpaired) electrons. The second-order valence-electron chi connectivity index (χ2n) is 6.90. The summed E-state index contributed by atoms with van der Waals surface area (Å²) >= 11 is 0. The first-order valence-electron chi connectivity index (χ1n) is 8.51. The van der Waals surface area contributed by atoms with E-state index in [4.69, 9.17) is 4.74 Å². The van der Waals surface area contributed by atoms with Crippen LogP contribution in [0.5, 0.6) is 0 Å². The number of unbranched alkanes of at least 4 members (excludes halogenated alkanes) is 1. The molecule has 1 heterocycles. The van der Waals surface area contributed by atoms with Crippen LogP contribution in [0.25, 0.3) is 0 Å². The second kappa shape index (κ2) is 8.91. The van der Waals surface area contributed by atoms with Crippen LogP contribution in [0.4, 0.5) is 10.6 Å². The van der Waals surface area contributed by atoms with Crippen molar-refractivity contribution in [3.8, 4) is 0 Å². The van der Waals surface area contributed by atoms with Gasteiger partial charge in [-0.1, -0.05) is 26.7 Å². The van der Waals surface area contributed by atoms with Crippen LogP contribution in [-0.2, 0) is 18.3 Å². The van der Waals surface area contributed by atoms with E-state index in [9.17, 15) is 4.79 Å². The van der Waals surface area contributed by atoms with Gasteiger partial charge in [0.05, 0.1) is 6.20 Å². The molecule has 0 aliphatic heterocycles. The van der Waals surface area contributed by atoms with Crippen LogP contribution in [-0.4, -0.2) is 27.5 Å².